The molecule has 0 spiro atoms. The molecule has 208 valence electrons. The molecule has 5 aromatic carbocycles. The SMILES string of the molecule is CCCCCCCCCc1ccc(-c2ccc(C[P+](c3ccccc3)(c3ccccc3)c3ccccc3)cc2)cc1. The zero-order chi connectivity index (χ0) is 28.2. The van der Waals surface area contributed by atoms with Crippen LogP contribution in [0.1, 0.15) is 63.0 Å². The molecule has 0 saturated carbocycles. The normalized spacial score (nSPS) is 11.4. The van der Waals surface area contributed by atoms with Gasteiger partial charge in [-0.3, -0.25) is 0 Å². The van der Waals surface area contributed by atoms with Crippen molar-refractivity contribution in [1.29, 1.82) is 0 Å². The fraction of sp³-hybridized carbons (Fsp3) is 0.250. The Hall–Kier alpha value is -3.47. The highest BCUT2D eigenvalue weighted by atomic mass is 31.2. The number of hydrogen-bond acceptors (Lipinski definition) is 0. The second-order valence-electron chi connectivity index (χ2n) is 11.2. The summed E-state index contributed by atoms with van der Waals surface area (Å²) in [5.74, 6) is 0. The molecule has 0 aliphatic heterocycles. The molecule has 0 bridgehead atoms. The average Bonchev–Trinajstić information content (AvgIpc) is 3.05. The molecule has 0 N–H and O–H groups in total. The Labute approximate surface area is 248 Å². The van der Waals surface area contributed by atoms with Gasteiger partial charge in [0.05, 0.1) is 6.16 Å². The van der Waals surface area contributed by atoms with Crippen LogP contribution in [0.5, 0.6) is 0 Å². The monoisotopic (exact) mass is 555 g/mol. The van der Waals surface area contributed by atoms with Crippen LogP contribution in [0.15, 0.2) is 140 Å². The molecule has 41 heavy (non-hydrogen) atoms. The van der Waals surface area contributed by atoms with Gasteiger partial charge in [0.25, 0.3) is 0 Å². The molecular formula is C40H44P+. The summed E-state index contributed by atoms with van der Waals surface area (Å²) < 4.78 is 0. The van der Waals surface area contributed by atoms with Crippen LogP contribution in [-0.4, -0.2) is 0 Å². The van der Waals surface area contributed by atoms with Crippen molar-refractivity contribution in [2.45, 2.75) is 64.5 Å². The molecule has 0 aliphatic rings. The van der Waals surface area contributed by atoms with E-state index < -0.39 is 7.26 Å². The molecule has 0 atom stereocenters. The number of rotatable bonds is 14. The first-order chi connectivity index (χ1) is 20.3. The highest BCUT2D eigenvalue weighted by Gasteiger charge is 2.45. The highest BCUT2D eigenvalue weighted by molar-refractivity contribution is 7.95. The molecule has 0 amide bonds. The second kappa shape index (κ2) is 15.0. The Kier molecular flexibility index (Phi) is 10.6. The van der Waals surface area contributed by atoms with Gasteiger partial charge in [0.2, 0.25) is 0 Å². The predicted molar refractivity (Wildman–Crippen MR) is 182 cm³/mol. The zero-order valence-corrected chi connectivity index (χ0v) is 25.5. The quantitative estimate of drug-likeness (QED) is 0.0944. The molecule has 0 radical (unpaired) electrons. The van der Waals surface area contributed by atoms with Crippen LogP contribution >= 0.6 is 7.26 Å². The molecule has 0 heterocycles. The van der Waals surface area contributed by atoms with Gasteiger partial charge in [-0.05, 0) is 71.5 Å². The summed E-state index contributed by atoms with van der Waals surface area (Å²) in [6.45, 7) is 2.29. The Balaban J connectivity index is 1.34. The largest absolute Gasteiger partial charge is 0.116 e. The van der Waals surface area contributed by atoms with Crippen LogP contribution in [0.2, 0.25) is 0 Å². The van der Waals surface area contributed by atoms with Gasteiger partial charge in [-0.1, -0.05) is 149 Å². The third-order valence-electron chi connectivity index (χ3n) is 8.32. The Morgan fingerprint density at radius 2 is 0.780 bits per heavy atom. The maximum absolute atomic E-state index is 2.35. The molecule has 0 unspecified atom stereocenters. The van der Waals surface area contributed by atoms with Crippen molar-refractivity contribution in [3.05, 3.63) is 151 Å². The van der Waals surface area contributed by atoms with E-state index in [0.29, 0.717) is 0 Å². The van der Waals surface area contributed by atoms with E-state index in [1.165, 1.54) is 89.5 Å². The van der Waals surface area contributed by atoms with E-state index in [1.54, 1.807) is 0 Å². The van der Waals surface area contributed by atoms with E-state index in [-0.39, 0.29) is 0 Å². The fourth-order valence-electron chi connectivity index (χ4n) is 6.00. The van der Waals surface area contributed by atoms with Crippen LogP contribution in [0.3, 0.4) is 0 Å². The summed E-state index contributed by atoms with van der Waals surface area (Å²) >= 11 is 0. The summed E-state index contributed by atoms with van der Waals surface area (Å²) in [7, 11) is -1.89. The number of unbranched alkanes of at least 4 members (excludes halogenated alkanes) is 6. The van der Waals surface area contributed by atoms with Crippen LogP contribution in [0, 0.1) is 0 Å². The van der Waals surface area contributed by atoms with Crippen molar-refractivity contribution < 1.29 is 0 Å². The highest BCUT2D eigenvalue weighted by Crippen LogP contribution is 2.58. The molecular weight excluding hydrogens is 511 g/mol. The van der Waals surface area contributed by atoms with Crippen LogP contribution in [-0.2, 0) is 12.6 Å². The lowest BCUT2D eigenvalue weighted by atomic mass is 10.00. The van der Waals surface area contributed by atoms with Gasteiger partial charge in [-0.2, -0.15) is 0 Å². The van der Waals surface area contributed by atoms with Gasteiger partial charge in [-0.25, -0.2) is 0 Å². The molecule has 0 saturated heterocycles. The molecule has 0 aromatic heterocycles. The standard InChI is InChI=1S/C40H44P/c1-2-3-4-5-6-7-11-18-34-25-29-36(30-26-34)37-31-27-35(28-32-37)33-41(38-19-12-8-13-20-38,39-21-14-9-15-22-39)40-23-16-10-17-24-40/h8-10,12-17,19-32H,2-7,11,18,33H2,1H3/q+1. The Morgan fingerprint density at radius 3 is 1.22 bits per heavy atom. The summed E-state index contributed by atoms with van der Waals surface area (Å²) in [6, 6.07) is 52.1. The van der Waals surface area contributed by atoms with Gasteiger partial charge < -0.3 is 0 Å². The van der Waals surface area contributed by atoms with Gasteiger partial charge in [-0.15, -0.1) is 0 Å². The van der Waals surface area contributed by atoms with Gasteiger partial charge in [0.15, 0.2) is 0 Å². The van der Waals surface area contributed by atoms with E-state index in [2.05, 4.69) is 146 Å². The second-order valence-corrected chi connectivity index (χ2v) is 14.7. The Bertz CT molecular complexity index is 1330. The third kappa shape index (κ3) is 7.44. The van der Waals surface area contributed by atoms with E-state index >= 15 is 0 Å². The smallest absolute Gasteiger partial charge is 0.0654 e. The molecule has 0 nitrogen and oxygen atoms in total. The van der Waals surface area contributed by atoms with Crippen LogP contribution in [0.4, 0.5) is 0 Å². The maximum Gasteiger partial charge on any atom is 0.116 e. The first-order valence-corrected chi connectivity index (χ1v) is 17.5. The molecule has 5 aromatic rings. The van der Waals surface area contributed by atoms with E-state index in [1.807, 2.05) is 0 Å². The lowest BCUT2D eigenvalue weighted by Crippen LogP contribution is -2.32. The lowest BCUT2D eigenvalue weighted by molar-refractivity contribution is 0.589. The predicted octanol–water partition coefficient (Wildman–Crippen LogP) is 10.1. The minimum Gasteiger partial charge on any atom is -0.0654 e. The van der Waals surface area contributed by atoms with E-state index in [9.17, 15) is 0 Å². The average molecular weight is 556 g/mol. The summed E-state index contributed by atoms with van der Waals surface area (Å²) in [4.78, 5) is 0. The van der Waals surface area contributed by atoms with Crippen molar-refractivity contribution in [2.24, 2.45) is 0 Å². The van der Waals surface area contributed by atoms with Crippen LogP contribution < -0.4 is 15.9 Å². The van der Waals surface area contributed by atoms with Crippen molar-refractivity contribution >= 4 is 23.2 Å². The summed E-state index contributed by atoms with van der Waals surface area (Å²) in [6.07, 6.45) is 11.7. The minimum absolute atomic E-state index is 1.00. The number of benzene rings is 5. The first-order valence-electron chi connectivity index (χ1n) is 15.5. The number of hydrogen-bond donors (Lipinski definition) is 0. The Morgan fingerprint density at radius 1 is 0.390 bits per heavy atom. The van der Waals surface area contributed by atoms with Crippen LogP contribution in [0.25, 0.3) is 11.1 Å². The van der Waals surface area contributed by atoms with Crippen molar-refractivity contribution in [2.75, 3.05) is 0 Å². The number of aryl methyl sites for hydroxylation is 1. The zero-order valence-electron chi connectivity index (χ0n) is 24.6. The topological polar surface area (TPSA) is 0 Å². The van der Waals surface area contributed by atoms with E-state index in [0.717, 1.165) is 6.16 Å². The molecule has 1 heteroatoms. The third-order valence-corrected chi connectivity index (χ3v) is 12.7. The van der Waals surface area contributed by atoms with Gasteiger partial charge in [0, 0.05) is 0 Å². The fourth-order valence-corrected chi connectivity index (χ4v) is 10.2. The molecule has 0 aliphatic carbocycles. The molecule has 5 rings (SSSR count). The van der Waals surface area contributed by atoms with Gasteiger partial charge in [0.1, 0.15) is 23.2 Å². The van der Waals surface area contributed by atoms with Crippen molar-refractivity contribution in [3.63, 3.8) is 0 Å². The van der Waals surface area contributed by atoms with E-state index in [4.69, 9.17) is 0 Å². The maximum atomic E-state index is 2.35. The lowest BCUT2D eigenvalue weighted by Gasteiger charge is -2.28. The van der Waals surface area contributed by atoms with Crippen molar-refractivity contribution in [1.82, 2.24) is 0 Å². The van der Waals surface area contributed by atoms with Crippen molar-refractivity contribution in [3.8, 4) is 11.1 Å². The summed E-state index contributed by atoms with van der Waals surface area (Å²) in [5, 5.41) is 4.29. The molecule has 0 fully saturated rings. The summed E-state index contributed by atoms with van der Waals surface area (Å²) in [5.41, 5.74) is 5.44. The minimum atomic E-state index is -1.89. The van der Waals surface area contributed by atoms with Gasteiger partial charge >= 0.3 is 0 Å². The first kappa shape index (κ1) is 29.0.